The first-order chi connectivity index (χ1) is 8.18. The Morgan fingerprint density at radius 1 is 0.882 bits per heavy atom. The van der Waals surface area contributed by atoms with Crippen molar-refractivity contribution >= 4 is 7.60 Å². The number of unbranched alkanes of at least 4 members (excludes halogenated alkanes) is 5. The van der Waals surface area contributed by atoms with Crippen molar-refractivity contribution in [3.05, 3.63) is 0 Å². The van der Waals surface area contributed by atoms with Crippen molar-refractivity contribution in [3.63, 3.8) is 0 Å². The molecular formula is C12H28NO3P. The molecule has 4 nitrogen and oxygen atoms in total. The molecule has 0 radical (unpaired) electrons. The maximum atomic E-state index is 12.1. The van der Waals surface area contributed by atoms with Gasteiger partial charge in [0.15, 0.2) is 0 Å². The largest absolute Gasteiger partial charge is 0.330 e. The van der Waals surface area contributed by atoms with E-state index in [2.05, 4.69) is 0 Å². The van der Waals surface area contributed by atoms with Crippen LogP contribution in [0.15, 0.2) is 0 Å². The summed E-state index contributed by atoms with van der Waals surface area (Å²) in [6, 6.07) is 0. The number of rotatable bonds is 12. The van der Waals surface area contributed by atoms with Gasteiger partial charge in [-0.1, -0.05) is 25.7 Å². The number of nitrogens with two attached hydrogens (primary N) is 1. The third kappa shape index (κ3) is 9.78. The summed E-state index contributed by atoms with van der Waals surface area (Å²) in [7, 11) is -2.80. The lowest BCUT2D eigenvalue weighted by Crippen LogP contribution is -2.00. The van der Waals surface area contributed by atoms with Crippen molar-refractivity contribution in [1.82, 2.24) is 0 Å². The first-order valence-corrected chi connectivity index (χ1v) is 8.49. The zero-order chi connectivity index (χ0) is 13.0. The van der Waals surface area contributed by atoms with Gasteiger partial charge in [-0.3, -0.25) is 4.57 Å². The Kier molecular flexibility index (Phi) is 11.3. The summed E-state index contributed by atoms with van der Waals surface area (Å²) in [5.41, 5.74) is 5.42. The van der Waals surface area contributed by atoms with Gasteiger partial charge in [0.2, 0.25) is 0 Å². The third-order valence-corrected chi connectivity index (χ3v) is 4.70. The minimum Gasteiger partial charge on any atom is -0.330 e. The second-order valence-electron chi connectivity index (χ2n) is 4.08. The molecule has 0 aromatic carbocycles. The first kappa shape index (κ1) is 17.1. The van der Waals surface area contributed by atoms with Crippen molar-refractivity contribution in [2.75, 3.05) is 25.9 Å². The highest BCUT2D eigenvalue weighted by molar-refractivity contribution is 7.53. The fourth-order valence-corrected chi connectivity index (χ4v) is 3.45. The van der Waals surface area contributed by atoms with E-state index in [-0.39, 0.29) is 0 Å². The van der Waals surface area contributed by atoms with Crippen LogP contribution < -0.4 is 5.73 Å². The summed E-state index contributed by atoms with van der Waals surface area (Å²) < 4.78 is 22.6. The Morgan fingerprint density at radius 3 is 1.82 bits per heavy atom. The number of hydrogen-bond acceptors (Lipinski definition) is 4. The van der Waals surface area contributed by atoms with E-state index >= 15 is 0 Å². The predicted molar refractivity (Wildman–Crippen MR) is 72.5 cm³/mol. The van der Waals surface area contributed by atoms with Crippen LogP contribution in [0.5, 0.6) is 0 Å². The quantitative estimate of drug-likeness (QED) is 0.433. The molecule has 0 unspecified atom stereocenters. The highest BCUT2D eigenvalue weighted by atomic mass is 31.2. The van der Waals surface area contributed by atoms with Gasteiger partial charge in [-0.15, -0.1) is 0 Å². The van der Waals surface area contributed by atoms with Crippen LogP contribution in [-0.2, 0) is 13.6 Å². The van der Waals surface area contributed by atoms with Gasteiger partial charge in [-0.2, -0.15) is 0 Å². The molecule has 0 aliphatic rings. The molecule has 0 rings (SSSR count). The predicted octanol–water partition coefficient (Wildman–Crippen LogP) is 3.55. The van der Waals surface area contributed by atoms with E-state index in [1.807, 2.05) is 13.8 Å². The van der Waals surface area contributed by atoms with Gasteiger partial charge in [-0.05, 0) is 33.2 Å². The lowest BCUT2D eigenvalue weighted by Gasteiger charge is -2.16. The van der Waals surface area contributed by atoms with Crippen LogP contribution in [0.3, 0.4) is 0 Å². The van der Waals surface area contributed by atoms with Gasteiger partial charge in [0, 0.05) is 0 Å². The average Bonchev–Trinajstić information content (AvgIpc) is 2.28. The molecule has 0 aliphatic carbocycles. The first-order valence-electron chi connectivity index (χ1n) is 6.76. The molecule has 0 saturated carbocycles. The summed E-state index contributed by atoms with van der Waals surface area (Å²) in [5, 5.41) is 0. The molecule has 2 N–H and O–H groups in total. The van der Waals surface area contributed by atoms with Gasteiger partial charge < -0.3 is 14.8 Å². The maximum absolute atomic E-state index is 12.1. The van der Waals surface area contributed by atoms with Crippen LogP contribution in [-0.4, -0.2) is 25.9 Å². The third-order valence-electron chi connectivity index (χ3n) is 2.54. The van der Waals surface area contributed by atoms with Gasteiger partial charge in [0.1, 0.15) is 0 Å². The van der Waals surface area contributed by atoms with Gasteiger partial charge >= 0.3 is 7.60 Å². The molecule has 0 spiro atoms. The standard InChI is InChI=1S/C12H28NO3P/c1-3-15-17(14,16-4-2)12-10-8-6-5-7-9-11-13/h3-13H2,1-2H3. The second kappa shape index (κ2) is 11.2. The van der Waals surface area contributed by atoms with Crippen LogP contribution in [0.1, 0.15) is 52.4 Å². The Labute approximate surface area is 106 Å². The van der Waals surface area contributed by atoms with Crippen molar-refractivity contribution in [2.24, 2.45) is 5.73 Å². The van der Waals surface area contributed by atoms with Crippen molar-refractivity contribution in [2.45, 2.75) is 52.4 Å². The smallest absolute Gasteiger partial charge is 0.330 e. The SMILES string of the molecule is CCOP(=O)(CCCCCCCCN)OCC. The van der Waals surface area contributed by atoms with E-state index in [9.17, 15) is 4.57 Å². The molecule has 0 amide bonds. The Hall–Kier alpha value is 0.110. The van der Waals surface area contributed by atoms with E-state index in [1.54, 1.807) is 0 Å². The minimum atomic E-state index is -2.80. The van der Waals surface area contributed by atoms with Crippen LogP contribution in [0.25, 0.3) is 0 Å². The van der Waals surface area contributed by atoms with E-state index in [0.29, 0.717) is 19.4 Å². The zero-order valence-corrected chi connectivity index (χ0v) is 12.2. The van der Waals surface area contributed by atoms with Crippen molar-refractivity contribution in [1.29, 1.82) is 0 Å². The maximum Gasteiger partial charge on any atom is 0.330 e. The van der Waals surface area contributed by atoms with E-state index in [4.69, 9.17) is 14.8 Å². The van der Waals surface area contributed by atoms with Crippen LogP contribution in [0.2, 0.25) is 0 Å². The normalized spacial score (nSPS) is 11.9. The van der Waals surface area contributed by atoms with E-state index in [0.717, 1.165) is 25.8 Å². The molecule has 0 aliphatic heterocycles. The molecule has 104 valence electrons. The minimum absolute atomic E-state index is 0.452. The fraction of sp³-hybridized carbons (Fsp3) is 1.00. The molecule has 17 heavy (non-hydrogen) atoms. The molecule has 0 saturated heterocycles. The molecule has 0 aromatic rings. The monoisotopic (exact) mass is 265 g/mol. The van der Waals surface area contributed by atoms with Crippen molar-refractivity contribution in [3.8, 4) is 0 Å². The summed E-state index contributed by atoms with van der Waals surface area (Å²) in [6.45, 7) is 5.38. The van der Waals surface area contributed by atoms with Crippen LogP contribution in [0.4, 0.5) is 0 Å². The number of hydrogen-bond donors (Lipinski definition) is 1. The Balaban J connectivity index is 3.58. The zero-order valence-electron chi connectivity index (χ0n) is 11.3. The summed E-state index contributed by atoms with van der Waals surface area (Å²) in [4.78, 5) is 0. The molecule has 0 bridgehead atoms. The van der Waals surface area contributed by atoms with Gasteiger partial charge in [0.25, 0.3) is 0 Å². The summed E-state index contributed by atoms with van der Waals surface area (Å²) in [6.07, 6.45) is 7.25. The Bertz CT molecular complexity index is 202. The van der Waals surface area contributed by atoms with Gasteiger partial charge in [-0.25, -0.2) is 0 Å². The van der Waals surface area contributed by atoms with Crippen LogP contribution in [0, 0.1) is 0 Å². The van der Waals surface area contributed by atoms with Crippen LogP contribution >= 0.6 is 7.60 Å². The molecule has 0 fully saturated rings. The lowest BCUT2D eigenvalue weighted by molar-refractivity contribution is 0.219. The topological polar surface area (TPSA) is 61.5 Å². The summed E-state index contributed by atoms with van der Waals surface area (Å²) in [5.74, 6) is 0. The molecule has 5 heteroatoms. The lowest BCUT2D eigenvalue weighted by atomic mass is 10.1. The van der Waals surface area contributed by atoms with Gasteiger partial charge in [0.05, 0.1) is 19.4 Å². The fourth-order valence-electron chi connectivity index (χ4n) is 1.72. The second-order valence-corrected chi connectivity index (χ2v) is 6.27. The Morgan fingerprint density at radius 2 is 1.35 bits per heavy atom. The van der Waals surface area contributed by atoms with E-state index < -0.39 is 7.60 Å². The molecule has 0 aromatic heterocycles. The average molecular weight is 265 g/mol. The van der Waals surface area contributed by atoms with Crippen molar-refractivity contribution < 1.29 is 13.6 Å². The summed E-state index contributed by atoms with van der Waals surface area (Å²) >= 11 is 0. The highest BCUT2D eigenvalue weighted by Gasteiger charge is 2.22. The molecular weight excluding hydrogens is 237 g/mol. The molecule has 0 atom stereocenters. The highest BCUT2D eigenvalue weighted by Crippen LogP contribution is 2.48. The molecule has 0 heterocycles. The van der Waals surface area contributed by atoms with E-state index in [1.165, 1.54) is 19.3 Å².